The number of carbonyl (C=O) groups is 1. The van der Waals surface area contributed by atoms with Crippen molar-refractivity contribution < 1.29 is 13.2 Å². The topological polar surface area (TPSA) is 114 Å². The highest BCUT2D eigenvalue weighted by Crippen LogP contribution is 2.25. The zero-order valence-corrected chi connectivity index (χ0v) is 14.7. The first-order valence-electron chi connectivity index (χ1n) is 7.44. The van der Waals surface area contributed by atoms with Gasteiger partial charge in [0.05, 0.1) is 15.1 Å². The van der Waals surface area contributed by atoms with Crippen LogP contribution < -0.4 is 15.8 Å². The van der Waals surface area contributed by atoms with Crippen molar-refractivity contribution in [1.82, 2.24) is 10.3 Å². The molecule has 3 aromatic rings. The van der Waals surface area contributed by atoms with Crippen LogP contribution in [-0.4, -0.2) is 26.0 Å². The van der Waals surface area contributed by atoms with Crippen LogP contribution in [0.1, 0.15) is 5.56 Å². The third-order valence-corrected chi connectivity index (χ3v) is 5.35. The molecule has 0 saturated carbocycles. The van der Waals surface area contributed by atoms with E-state index in [1.807, 2.05) is 24.3 Å². The molecule has 0 aliphatic rings. The van der Waals surface area contributed by atoms with Crippen molar-refractivity contribution in [2.24, 2.45) is 5.14 Å². The summed E-state index contributed by atoms with van der Waals surface area (Å²) in [7, 11) is -3.68. The Kier molecular flexibility index (Phi) is 4.98. The monoisotopic (exact) mass is 376 g/mol. The molecular weight excluding hydrogens is 360 g/mol. The van der Waals surface area contributed by atoms with Crippen LogP contribution in [0.4, 0.5) is 9.93 Å². The molecule has 2 amide bonds. The number of hydrogen-bond acceptors (Lipinski definition) is 5. The maximum atomic E-state index is 11.9. The highest BCUT2D eigenvalue weighted by atomic mass is 32.2. The van der Waals surface area contributed by atoms with Gasteiger partial charge in [-0.25, -0.2) is 23.3 Å². The molecule has 7 nitrogen and oxygen atoms in total. The lowest BCUT2D eigenvalue weighted by molar-refractivity contribution is 0.252. The van der Waals surface area contributed by atoms with Crippen LogP contribution in [-0.2, 0) is 16.4 Å². The second kappa shape index (κ2) is 7.18. The molecule has 9 heteroatoms. The van der Waals surface area contributed by atoms with E-state index in [0.717, 1.165) is 15.8 Å². The quantitative estimate of drug-likeness (QED) is 0.634. The number of anilines is 1. The Balaban J connectivity index is 1.50. The minimum absolute atomic E-state index is 0.0674. The first-order chi connectivity index (χ1) is 11.9. The van der Waals surface area contributed by atoms with Crippen LogP contribution in [0, 0.1) is 0 Å². The van der Waals surface area contributed by atoms with Gasteiger partial charge in [0.2, 0.25) is 10.0 Å². The average Bonchev–Trinajstić information content (AvgIpc) is 2.96. The minimum atomic E-state index is -3.68. The molecule has 0 unspecified atom stereocenters. The normalized spacial score (nSPS) is 11.4. The second-order valence-corrected chi connectivity index (χ2v) is 7.90. The van der Waals surface area contributed by atoms with Crippen molar-refractivity contribution in [3.8, 4) is 0 Å². The second-order valence-electron chi connectivity index (χ2n) is 5.31. The van der Waals surface area contributed by atoms with Crippen LogP contribution in [0.25, 0.3) is 10.2 Å². The summed E-state index contributed by atoms with van der Waals surface area (Å²) < 4.78 is 23.4. The largest absolute Gasteiger partial charge is 0.337 e. The van der Waals surface area contributed by atoms with Crippen LogP contribution >= 0.6 is 11.3 Å². The Bertz CT molecular complexity index is 965. The van der Waals surface area contributed by atoms with Crippen molar-refractivity contribution in [2.75, 3.05) is 11.9 Å². The number of aromatic nitrogens is 1. The third-order valence-electron chi connectivity index (χ3n) is 3.47. The van der Waals surface area contributed by atoms with Crippen LogP contribution in [0.2, 0.25) is 0 Å². The summed E-state index contributed by atoms with van der Waals surface area (Å²) in [6, 6.07) is 13.6. The highest BCUT2D eigenvalue weighted by Gasteiger charge is 2.08. The van der Waals surface area contributed by atoms with Crippen LogP contribution in [0.3, 0.4) is 0 Å². The summed E-state index contributed by atoms with van der Waals surface area (Å²) in [5.74, 6) is 0. The van der Waals surface area contributed by atoms with Crippen LogP contribution in [0.5, 0.6) is 0 Å². The molecule has 1 aromatic heterocycles. The molecule has 0 radical (unpaired) electrons. The van der Waals surface area contributed by atoms with E-state index in [0.29, 0.717) is 18.1 Å². The van der Waals surface area contributed by atoms with E-state index in [9.17, 15) is 13.2 Å². The fourth-order valence-corrected chi connectivity index (χ4v) is 3.61. The maximum absolute atomic E-state index is 11.9. The first-order valence-corrected chi connectivity index (χ1v) is 9.80. The lowest BCUT2D eigenvalue weighted by Crippen LogP contribution is -2.30. The summed E-state index contributed by atoms with van der Waals surface area (Å²) >= 11 is 1.41. The highest BCUT2D eigenvalue weighted by molar-refractivity contribution is 7.89. The van der Waals surface area contributed by atoms with Crippen molar-refractivity contribution in [3.63, 3.8) is 0 Å². The molecule has 0 saturated heterocycles. The molecule has 25 heavy (non-hydrogen) atoms. The Morgan fingerprint density at radius 3 is 2.52 bits per heavy atom. The predicted octanol–water partition coefficient (Wildman–Crippen LogP) is 2.31. The SMILES string of the molecule is NS(=O)(=O)c1ccc(CCNC(=O)Nc2nc3ccccc3s2)cc1. The molecule has 0 bridgehead atoms. The van der Waals surface area contributed by atoms with Gasteiger partial charge in [0.15, 0.2) is 5.13 Å². The predicted molar refractivity (Wildman–Crippen MR) is 98.2 cm³/mol. The number of thiazole rings is 1. The van der Waals surface area contributed by atoms with Crippen LogP contribution in [0.15, 0.2) is 53.4 Å². The number of fused-ring (bicyclic) bond motifs is 1. The van der Waals surface area contributed by atoms with Crippen molar-refractivity contribution in [3.05, 3.63) is 54.1 Å². The molecule has 0 aliphatic heterocycles. The number of carbonyl (C=O) groups excluding carboxylic acids is 1. The van der Waals surface area contributed by atoms with Crippen molar-refractivity contribution in [1.29, 1.82) is 0 Å². The van der Waals surface area contributed by atoms with Gasteiger partial charge in [-0.1, -0.05) is 35.6 Å². The van der Waals surface area contributed by atoms with E-state index in [4.69, 9.17) is 5.14 Å². The number of sulfonamides is 1. The number of urea groups is 1. The third kappa shape index (κ3) is 4.53. The number of rotatable bonds is 5. The smallest absolute Gasteiger partial charge is 0.321 e. The summed E-state index contributed by atoms with van der Waals surface area (Å²) in [5.41, 5.74) is 1.74. The maximum Gasteiger partial charge on any atom is 0.321 e. The Morgan fingerprint density at radius 2 is 1.84 bits per heavy atom. The number of nitrogens with zero attached hydrogens (tertiary/aromatic N) is 1. The number of benzene rings is 2. The summed E-state index contributed by atoms with van der Waals surface area (Å²) in [6.45, 7) is 0.408. The fraction of sp³-hybridized carbons (Fsp3) is 0.125. The van der Waals surface area contributed by atoms with E-state index in [1.54, 1.807) is 12.1 Å². The van der Waals surface area contributed by atoms with E-state index in [1.165, 1.54) is 23.5 Å². The van der Waals surface area contributed by atoms with Crippen molar-refractivity contribution >= 4 is 42.7 Å². The average molecular weight is 376 g/mol. The summed E-state index contributed by atoms with van der Waals surface area (Å²) in [4.78, 5) is 16.3. The Hall–Kier alpha value is -2.49. The van der Waals surface area contributed by atoms with Gasteiger partial charge in [-0.05, 0) is 36.2 Å². The zero-order valence-electron chi connectivity index (χ0n) is 13.1. The van der Waals surface area contributed by atoms with Gasteiger partial charge in [0.25, 0.3) is 0 Å². The van der Waals surface area contributed by atoms with E-state index < -0.39 is 10.0 Å². The molecule has 0 aliphatic carbocycles. The van der Waals surface area contributed by atoms with Gasteiger partial charge >= 0.3 is 6.03 Å². The Labute approximate surface area is 148 Å². The molecular formula is C16H16N4O3S2. The molecule has 0 atom stereocenters. The van der Waals surface area contributed by atoms with E-state index >= 15 is 0 Å². The van der Waals surface area contributed by atoms with E-state index in [2.05, 4.69) is 15.6 Å². The van der Waals surface area contributed by atoms with Gasteiger partial charge in [-0.2, -0.15) is 0 Å². The number of nitrogens with two attached hydrogens (primary N) is 1. The lowest BCUT2D eigenvalue weighted by atomic mass is 10.1. The zero-order chi connectivity index (χ0) is 17.9. The summed E-state index contributed by atoms with van der Waals surface area (Å²) in [6.07, 6.45) is 0.568. The van der Waals surface area contributed by atoms with Gasteiger partial charge in [0.1, 0.15) is 0 Å². The van der Waals surface area contributed by atoms with E-state index in [-0.39, 0.29) is 10.9 Å². The first kappa shape index (κ1) is 17.3. The fourth-order valence-electron chi connectivity index (χ4n) is 2.23. The molecule has 4 N–H and O–H groups in total. The number of para-hydroxylation sites is 1. The molecule has 0 spiro atoms. The van der Waals surface area contributed by atoms with Gasteiger partial charge < -0.3 is 5.32 Å². The number of primary sulfonamides is 1. The number of amides is 2. The standard InChI is InChI=1S/C16H16N4O3S2/c17-25(22,23)12-7-5-11(6-8-12)9-10-18-15(21)20-16-19-13-3-1-2-4-14(13)24-16/h1-8H,9-10H2,(H2,17,22,23)(H2,18,19,20,21). The Morgan fingerprint density at radius 1 is 1.12 bits per heavy atom. The van der Waals surface area contributed by atoms with Gasteiger partial charge in [0, 0.05) is 6.54 Å². The van der Waals surface area contributed by atoms with Gasteiger partial charge in [-0.15, -0.1) is 0 Å². The number of nitrogens with one attached hydrogen (secondary N) is 2. The molecule has 2 aromatic carbocycles. The molecule has 3 rings (SSSR count). The lowest BCUT2D eigenvalue weighted by Gasteiger charge is -2.06. The van der Waals surface area contributed by atoms with Gasteiger partial charge in [-0.3, -0.25) is 5.32 Å². The number of hydrogen-bond donors (Lipinski definition) is 3. The van der Waals surface area contributed by atoms with Crippen molar-refractivity contribution in [2.45, 2.75) is 11.3 Å². The molecule has 130 valence electrons. The minimum Gasteiger partial charge on any atom is -0.337 e. The summed E-state index contributed by atoms with van der Waals surface area (Å²) in [5, 5.41) is 11.0. The molecule has 1 heterocycles. The molecule has 0 fully saturated rings.